The van der Waals surface area contributed by atoms with Crippen LogP contribution >= 0.6 is 15.9 Å². The van der Waals surface area contributed by atoms with Gasteiger partial charge in [0.1, 0.15) is 0 Å². The quantitative estimate of drug-likeness (QED) is 0.810. The zero-order chi connectivity index (χ0) is 12.4. The van der Waals surface area contributed by atoms with E-state index < -0.39 is 5.97 Å². The molecule has 4 nitrogen and oxygen atoms in total. The number of carbonyl (C=O) groups excluding carboxylic acids is 1. The molecule has 1 heterocycles. The van der Waals surface area contributed by atoms with E-state index in [1.165, 1.54) is 0 Å². The summed E-state index contributed by atoms with van der Waals surface area (Å²) < 4.78 is 0. The largest absolute Gasteiger partial charge is 0.481 e. The van der Waals surface area contributed by atoms with Gasteiger partial charge in [-0.25, -0.2) is 0 Å². The minimum atomic E-state index is -0.686. The fourth-order valence-corrected chi connectivity index (χ4v) is 3.33. The minimum Gasteiger partial charge on any atom is -0.481 e. The van der Waals surface area contributed by atoms with Crippen LogP contribution in [0.1, 0.15) is 32.1 Å². The van der Waals surface area contributed by atoms with Crippen LogP contribution in [0.4, 0.5) is 0 Å². The molecule has 1 unspecified atom stereocenters. The number of hydrogen-bond acceptors (Lipinski definition) is 2. The standard InChI is InChI=1S/C12H18BrNO3/c13-6-8-5-11(15)14(7-8)10-3-1-9(2-4-10)12(16)17/h8-10H,1-7H2,(H,16,17). The van der Waals surface area contributed by atoms with Gasteiger partial charge in [0.05, 0.1) is 5.92 Å². The summed E-state index contributed by atoms with van der Waals surface area (Å²) in [5, 5.41) is 9.81. The highest BCUT2D eigenvalue weighted by Crippen LogP contribution is 2.31. The Labute approximate surface area is 109 Å². The summed E-state index contributed by atoms with van der Waals surface area (Å²) in [6.07, 6.45) is 3.76. The maximum absolute atomic E-state index is 11.8. The normalized spacial score (nSPS) is 34.1. The molecular weight excluding hydrogens is 286 g/mol. The molecule has 96 valence electrons. The van der Waals surface area contributed by atoms with Crippen molar-refractivity contribution in [3.05, 3.63) is 0 Å². The molecule has 17 heavy (non-hydrogen) atoms. The maximum Gasteiger partial charge on any atom is 0.306 e. The molecule has 1 aliphatic carbocycles. The molecule has 0 bridgehead atoms. The lowest BCUT2D eigenvalue weighted by Crippen LogP contribution is -2.40. The Bertz CT molecular complexity index is 313. The van der Waals surface area contributed by atoms with Gasteiger partial charge in [-0.2, -0.15) is 0 Å². The van der Waals surface area contributed by atoms with Gasteiger partial charge >= 0.3 is 5.97 Å². The van der Waals surface area contributed by atoms with Crippen molar-refractivity contribution in [2.45, 2.75) is 38.1 Å². The Morgan fingerprint density at radius 3 is 2.47 bits per heavy atom. The lowest BCUT2D eigenvalue weighted by Gasteiger charge is -2.33. The van der Waals surface area contributed by atoms with Crippen molar-refractivity contribution in [1.29, 1.82) is 0 Å². The fraction of sp³-hybridized carbons (Fsp3) is 0.833. The number of alkyl halides is 1. The van der Waals surface area contributed by atoms with Crippen molar-refractivity contribution in [3.63, 3.8) is 0 Å². The molecule has 1 atom stereocenters. The predicted molar refractivity (Wildman–Crippen MR) is 67.0 cm³/mol. The van der Waals surface area contributed by atoms with Crippen molar-refractivity contribution in [3.8, 4) is 0 Å². The van der Waals surface area contributed by atoms with E-state index >= 15 is 0 Å². The molecule has 1 amide bonds. The summed E-state index contributed by atoms with van der Waals surface area (Å²) in [4.78, 5) is 24.7. The molecule has 0 aromatic rings. The number of hydrogen-bond donors (Lipinski definition) is 1. The van der Waals surface area contributed by atoms with Gasteiger partial charge in [0.25, 0.3) is 0 Å². The van der Waals surface area contributed by atoms with E-state index in [-0.39, 0.29) is 17.9 Å². The highest BCUT2D eigenvalue weighted by Gasteiger charge is 2.36. The number of carboxylic acids is 1. The van der Waals surface area contributed by atoms with E-state index in [2.05, 4.69) is 15.9 Å². The van der Waals surface area contributed by atoms with Crippen LogP contribution in [0.15, 0.2) is 0 Å². The molecule has 0 aromatic carbocycles. The third-order valence-corrected chi connectivity index (χ3v) is 4.86. The number of amides is 1. The van der Waals surface area contributed by atoms with Crippen LogP contribution in [0.5, 0.6) is 0 Å². The fourth-order valence-electron chi connectivity index (χ4n) is 2.90. The van der Waals surface area contributed by atoms with Crippen LogP contribution in [0.25, 0.3) is 0 Å². The van der Waals surface area contributed by atoms with Gasteiger partial charge in [-0.1, -0.05) is 15.9 Å². The lowest BCUT2D eigenvalue weighted by atomic mass is 9.85. The molecule has 1 aliphatic heterocycles. The highest BCUT2D eigenvalue weighted by atomic mass is 79.9. The molecule has 1 saturated heterocycles. The molecule has 2 rings (SSSR count). The number of rotatable bonds is 3. The SMILES string of the molecule is O=C(O)C1CCC(N2CC(CBr)CC2=O)CC1. The van der Waals surface area contributed by atoms with Crippen molar-refractivity contribution in [2.75, 3.05) is 11.9 Å². The smallest absolute Gasteiger partial charge is 0.306 e. The second-order valence-corrected chi connectivity index (χ2v) is 5.76. The molecule has 0 radical (unpaired) electrons. The van der Waals surface area contributed by atoms with Crippen LogP contribution in [0, 0.1) is 11.8 Å². The monoisotopic (exact) mass is 303 g/mol. The molecule has 5 heteroatoms. The van der Waals surface area contributed by atoms with E-state index in [0.29, 0.717) is 25.2 Å². The van der Waals surface area contributed by atoms with Gasteiger partial charge in [0.2, 0.25) is 5.91 Å². The van der Waals surface area contributed by atoms with Crippen LogP contribution in [-0.2, 0) is 9.59 Å². The number of aliphatic carboxylic acids is 1. The van der Waals surface area contributed by atoms with Crippen molar-refractivity contribution in [1.82, 2.24) is 4.90 Å². The number of likely N-dealkylation sites (tertiary alicyclic amines) is 1. The zero-order valence-electron chi connectivity index (χ0n) is 9.77. The van der Waals surface area contributed by atoms with Gasteiger partial charge in [0.15, 0.2) is 0 Å². The molecule has 1 N–H and O–H groups in total. The Morgan fingerprint density at radius 2 is 2.00 bits per heavy atom. The summed E-state index contributed by atoms with van der Waals surface area (Å²) in [5.74, 6) is -0.210. The van der Waals surface area contributed by atoms with Gasteiger partial charge < -0.3 is 10.0 Å². The maximum atomic E-state index is 11.8. The van der Waals surface area contributed by atoms with Gasteiger partial charge in [0, 0.05) is 24.3 Å². The molecule has 2 aliphatic rings. The summed E-state index contributed by atoms with van der Waals surface area (Å²) in [6.45, 7) is 0.840. The molecule has 0 aromatic heterocycles. The van der Waals surface area contributed by atoms with E-state index in [1.807, 2.05) is 4.90 Å². The summed E-state index contributed by atoms with van der Waals surface area (Å²) in [6, 6.07) is 0.280. The number of halogens is 1. The van der Waals surface area contributed by atoms with Crippen LogP contribution in [0.3, 0.4) is 0 Å². The average Bonchev–Trinajstić information content (AvgIpc) is 2.71. The molecule has 2 fully saturated rings. The van der Waals surface area contributed by atoms with Gasteiger partial charge in [-0.05, 0) is 31.6 Å². The Kier molecular flexibility index (Phi) is 4.07. The van der Waals surface area contributed by atoms with Crippen LogP contribution in [-0.4, -0.2) is 39.8 Å². The molecule has 1 saturated carbocycles. The van der Waals surface area contributed by atoms with E-state index in [9.17, 15) is 9.59 Å². The van der Waals surface area contributed by atoms with Gasteiger partial charge in [-0.3, -0.25) is 9.59 Å². The lowest BCUT2D eigenvalue weighted by molar-refractivity contribution is -0.143. The Balaban J connectivity index is 1.89. The van der Waals surface area contributed by atoms with Crippen LogP contribution in [0.2, 0.25) is 0 Å². The third-order valence-electron chi connectivity index (χ3n) is 3.94. The predicted octanol–water partition coefficient (Wildman–Crippen LogP) is 1.87. The Hall–Kier alpha value is -0.580. The zero-order valence-corrected chi connectivity index (χ0v) is 11.4. The summed E-state index contributed by atoms with van der Waals surface area (Å²) >= 11 is 3.43. The number of carbonyl (C=O) groups is 2. The van der Waals surface area contributed by atoms with E-state index in [0.717, 1.165) is 24.7 Å². The van der Waals surface area contributed by atoms with Crippen molar-refractivity contribution >= 4 is 27.8 Å². The van der Waals surface area contributed by atoms with Gasteiger partial charge in [-0.15, -0.1) is 0 Å². The summed E-state index contributed by atoms with van der Waals surface area (Å²) in [5.41, 5.74) is 0. The first-order valence-corrected chi connectivity index (χ1v) is 7.32. The minimum absolute atomic E-state index is 0.198. The van der Waals surface area contributed by atoms with Crippen molar-refractivity contribution < 1.29 is 14.7 Å². The highest BCUT2D eigenvalue weighted by molar-refractivity contribution is 9.09. The molecule has 0 spiro atoms. The Morgan fingerprint density at radius 1 is 1.35 bits per heavy atom. The average molecular weight is 304 g/mol. The first kappa shape index (κ1) is 12.9. The molecular formula is C12H18BrNO3. The van der Waals surface area contributed by atoms with E-state index in [4.69, 9.17) is 5.11 Å². The topological polar surface area (TPSA) is 57.6 Å². The summed E-state index contributed by atoms with van der Waals surface area (Å²) in [7, 11) is 0. The number of nitrogens with zero attached hydrogens (tertiary/aromatic N) is 1. The first-order chi connectivity index (χ1) is 8.11. The van der Waals surface area contributed by atoms with E-state index in [1.54, 1.807) is 0 Å². The first-order valence-electron chi connectivity index (χ1n) is 6.20. The third kappa shape index (κ3) is 2.81. The second-order valence-electron chi connectivity index (χ2n) is 5.11. The van der Waals surface area contributed by atoms with Crippen molar-refractivity contribution in [2.24, 2.45) is 11.8 Å². The van der Waals surface area contributed by atoms with Crippen LogP contribution < -0.4 is 0 Å². The number of carboxylic acid groups (broad SMARTS) is 1. The second kappa shape index (κ2) is 5.38.